The highest BCUT2D eigenvalue weighted by Gasteiger charge is 2.29. The van der Waals surface area contributed by atoms with Gasteiger partial charge in [-0.15, -0.1) is 0 Å². The highest BCUT2D eigenvalue weighted by atomic mass is 19.1. The van der Waals surface area contributed by atoms with E-state index in [0.29, 0.717) is 53.4 Å². The molecule has 0 spiro atoms. The minimum absolute atomic E-state index is 0.289. The van der Waals surface area contributed by atoms with Crippen molar-refractivity contribution in [1.29, 1.82) is 0 Å². The Morgan fingerprint density at radius 3 is 2.78 bits per heavy atom. The highest BCUT2D eigenvalue weighted by molar-refractivity contribution is 6.09. The van der Waals surface area contributed by atoms with Crippen LogP contribution in [0.3, 0.4) is 0 Å². The average Bonchev–Trinajstić information content (AvgIpc) is 3.54. The van der Waals surface area contributed by atoms with Crippen LogP contribution in [0.25, 0.3) is 22.3 Å². The van der Waals surface area contributed by atoms with Crippen molar-refractivity contribution < 1.29 is 13.9 Å². The maximum absolute atomic E-state index is 14.3. The Morgan fingerprint density at radius 1 is 1.19 bits per heavy atom. The third kappa shape index (κ3) is 4.08. The number of alkyl halides is 1. The lowest BCUT2D eigenvalue weighted by Gasteiger charge is -2.26. The van der Waals surface area contributed by atoms with E-state index in [4.69, 9.17) is 4.74 Å². The molecule has 2 heterocycles. The van der Waals surface area contributed by atoms with E-state index < -0.39 is 12.2 Å². The summed E-state index contributed by atoms with van der Waals surface area (Å²) in [4.78, 5) is 25.4. The number of aryl methyl sites for hydroxylation is 2. The van der Waals surface area contributed by atoms with E-state index in [1.54, 1.807) is 0 Å². The fourth-order valence-corrected chi connectivity index (χ4v) is 4.54. The molecule has 7 heteroatoms. The molecule has 2 fully saturated rings. The standard InChI is InChI=1S/C25H29FN4O2/c1-14-7-10-20(32-12-16-8-9-16)17(11-14)22-24-23(28-13-27-22)21(15(2)29-24)25(31)30-19-6-4-3-5-18(19)26/h7,10-11,13,16,18-19,29H,3-6,8-9,12H2,1-2H3,(H,30,31). The zero-order valence-corrected chi connectivity index (χ0v) is 18.6. The fourth-order valence-electron chi connectivity index (χ4n) is 4.54. The third-order valence-electron chi connectivity index (χ3n) is 6.56. The van der Waals surface area contributed by atoms with Crippen molar-refractivity contribution in [2.45, 2.75) is 64.6 Å². The Labute approximate surface area is 187 Å². The van der Waals surface area contributed by atoms with E-state index in [1.165, 1.54) is 19.2 Å². The van der Waals surface area contributed by atoms with Gasteiger partial charge in [0.2, 0.25) is 0 Å². The Balaban J connectivity index is 1.51. The summed E-state index contributed by atoms with van der Waals surface area (Å²) < 4.78 is 20.4. The molecule has 0 aliphatic heterocycles. The maximum Gasteiger partial charge on any atom is 0.255 e. The molecule has 5 rings (SSSR count). The lowest BCUT2D eigenvalue weighted by atomic mass is 9.93. The molecule has 2 aromatic heterocycles. The highest BCUT2D eigenvalue weighted by Crippen LogP contribution is 2.37. The van der Waals surface area contributed by atoms with Crippen LogP contribution in [0.5, 0.6) is 5.75 Å². The van der Waals surface area contributed by atoms with Gasteiger partial charge in [0.05, 0.1) is 23.7 Å². The van der Waals surface area contributed by atoms with Gasteiger partial charge >= 0.3 is 0 Å². The van der Waals surface area contributed by atoms with Crippen LogP contribution >= 0.6 is 0 Å². The first kappa shape index (κ1) is 20.9. The predicted octanol–water partition coefficient (Wildman–Crippen LogP) is 5.04. The lowest BCUT2D eigenvalue weighted by Crippen LogP contribution is -2.43. The van der Waals surface area contributed by atoms with Crippen LogP contribution in [0, 0.1) is 19.8 Å². The molecule has 32 heavy (non-hydrogen) atoms. The fraction of sp³-hybridized carbons (Fsp3) is 0.480. The van der Waals surface area contributed by atoms with E-state index in [1.807, 2.05) is 26.0 Å². The molecule has 2 atom stereocenters. The number of nitrogens with one attached hydrogen (secondary N) is 2. The minimum Gasteiger partial charge on any atom is -0.493 e. The molecule has 0 saturated heterocycles. The van der Waals surface area contributed by atoms with Crippen LogP contribution in [0.15, 0.2) is 24.5 Å². The van der Waals surface area contributed by atoms with Crippen molar-refractivity contribution in [2.75, 3.05) is 6.61 Å². The van der Waals surface area contributed by atoms with Crippen molar-refractivity contribution in [3.8, 4) is 17.0 Å². The van der Waals surface area contributed by atoms with Crippen LogP contribution in [-0.4, -0.2) is 39.7 Å². The number of carbonyl (C=O) groups excluding carboxylic acids is 1. The van der Waals surface area contributed by atoms with Gasteiger partial charge in [-0.25, -0.2) is 14.4 Å². The molecular formula is C25H29FN4O2. The number of H-pyrrole nitrogens is 1. The summed E-state index contributed by atoms with van der Waals surface area (Å²) in [6, 6.07) is 5.62. The number of ether oxygens (including phenoxy) is 1. The van der Waals surface area contributed by atoms with Gasteiger partial charge in [-0.3, -0.25) is 4.79 Å². The first-order valence-corrected chi connectivity index (χ1v) is 11.5. The van der Waals surface area contributed by atoms with Crippen LogP contribution in [0.4, 0.5) is 4.39 Å². The second-order valence-corrected chi connectivity index (χ2v) is 9.21. The molecule has 168 valence electrons. The molecule has 1 amide bonds. The summed E-state index contributed by atoms with van der Waals surface area (Å²) in [5, 5.41) is 2.90. The Hall–Kier alpha value is -2.96. The number of amides is 1. The second kappa shape index (κ2) is 8.52. The van der Waals surface area contributed by atoms with Gasteiger partial charge in [-0.1, -0.05) is 24.5 Å². The molecule has 0 bridgehead atoms. The summed E-state index contributed by atoms with van der Waals surface area (Å²) in [6.07, 6.45) is 5.89. The molecule has 1 aromatic carbocycles. The Bertz CT molecular complexity index is 1150. The van der Waals surface area contributed by atoms with Crippen molar-refractivity contribution in [3.63, 3.8) is 0 Å². The van der Waals surface area contributed by atoms with Gasteiger partial charge in [0.1, 0.15) is 29.5 Å². The molecule has 0 radical (unpaired) electrons. The summed E-state index contributed by atoms with van der Waals surface area (Å²) in [6.45, 7) is 4.57. The Kier molecular flexibility index (Phi) is 5.57. The van der Waals surface area contributed by atoms with Crippen molar-refractivity contribution in [1.82, 2.24) is 20.3 Å². The molecule has 2 saturated carbocycles. The van der Waals surface area contributed by atoms with Gasteiger partial charge in [0.15, 0.2) is 0 Å². The number of rotatable bonds is 6. The quantitative estimate of drug-likeness (QED) is 0.567. The smallest absolute Gasteiger partial charge is 0.255 e. The van der Waals surface area contributed by atoms with Crippen molar-refractivity contribution >= 4 is 16.9 Å². The van der Waals surface area contributed by atoms with E-state index in [0.717, 1.165) is 29.7 Å². The molecule has 2 unspecified atom stereocenters. The molecular weight excluding hydrogens is 407 g/mol. The zero-order chi connectivity index (χ0) is 22.2. The lowest BCUT2D eigenvalue weighted by molar-refractivity contribution is 0.0885. The maximum atomic E-state index is 14.3. The van der Waals surface area contributed by atoms with Crippen molar-refractivity contribution in [3.05, 3.63) is 41.3 Å². The van der Waals surface area contributed by atoms with E-state index in [-0.39, 0.29) is 5.91 Å². The number of carbonyl (C=O) groups is 1. The van der Waals surface area contributed by atoms with Crippen LogP contribution < -0.4 is 10.1 Å². The molecule has 6 nitrogen and oxygen atoms in total. The average molecular weight is 437 g/mol. The number of benzene rings is 1. The van der Waals surface area contributed by atoms with Gasteiger partial charge in [0.25, 0.3) is 5.91 Å². The molecule has 3 aromatic rings. The van der Waals surface area contributed by atoms with Gasteiger partial charge in [-0.2, -0.15) is 0 Å². The first-order valence-electron chi connectivity index (χ1n) is 11.5. The van der Waals surface area contributed by atoms with E-state index >= 15 is 0 Å². The molecule has 2 N–H and O–H groups in total. The van der Waals surface area contributed by atoms with Gasteiger partial charge < -0.3 is 15.0 Å². The largest absolute Gasteiger partial charge is 0.493 e. The minimum atomic E-state index is -0.998. The van der Waals surface area contributed by atoms with E-state index in [2.05, 4.69) is 26.3 Å². The zero-order valence-electron chi connectivity index (χ0n) is 18.6. The summed E-state index contributed by atoms with van der Waals surface area (Å²) in [5.74, 6) is 1.13. The van der Waals surface area contributed by atoms with Crippen LogP contribution in [0.1, 0.15) is 60.1 Å². The van der Waals surface area contributed by atoms with E-state index in [9.17, 15) is 9.18 Å². The van der Waals surface area contributed by atoms with Gasteiger partial charge in [0, 0.05) is 11.3 Å². The van der Waals surface area contributed by atoms with Crippen LogP contribution in [0.2, 0.25) is 0 Å². The predicted molar refractivity (Wildman–Crippen MR) is 122 cm³/mol. The monoisotopic (exact) mass is 436 g/mol. The Morgan fingerprint density at radius 2 is 2.00 bits per heavy atom. The van der Waals surface area contributed by atoms with Gasteiger partial charge in [-0.05, 0) is 57.6 Å². The summed E-state index contributed by atoms with van der Waals surface area (Å²) >= 11 is 0. The molecule has 2 aliphatic rings. The number of nitrogens with zero attached hydrogens (tertiary/aromatic N) is 2. The SMILES string of the molecule is Cc1ccc(OCC2CC2)c(-c2ncnc3c(C(=O)NC4CCCCC4F)c(C)[nH]c23)c1. The second-order valence-electron chi connectivity index (χ2n) is 9.21. The summed E-state index contributed by atoms with van der Waals surface area (Å²) in [7, 11) is 0. The normalized spacial score (nSPS) is 21.0. The third-order valence-corrected chi connectivity index (χ3v) is 6.56. The van der Waals surface area contributed by atoms with Crippen LogP contribution in [-0.2, 0) is 0 Å². The number of aromatic nitrogens is 3. The molecule has 2 aliphatic carbocycles. The summed E-state index contributed by atoms with van der Waals surface area (Å²) in [5.41, 5.74) is 5.06. The first-order chi connectivity index (χ1) is 15.5. The number of aromatic amines is 1. The topological polar surface area (TPSA) is 79.9 Å². The van der Waals surface area contributed by atoms with Crippen molar-refractivity contribution in [2.24, 2.45) is 5.92 Å². The number of hydrogen-bond donors (Lipinski definition) is 2. The number of fused-ring (bicyclic) bond motifs is 1. The number of halogens is 1. The number of hydrogen-bond acceptors (Lipinski definition) is 4.